The fraction of sp³-hybridized carbons (Fsp3) is 0.250. The first kappa shape index (κ1) is 21.9. The number of anilines is 1. The van der Waals surface area contributed by atoms with Gasteiger partial charge in [-0.2, -0.15) is 0 Å². The third kappa shape index (κ3) is 4.33. The van der Waals surface area contributed by atoms with Gasteiger partial charge in [-0.15, -0.1) is 11.3 Å². The molecule has 1 aliphatic carbocycles. The van der Waals surface area contributed by atoms with Crippen molar-refractivity contribution in [2.45, 2.75) is 19.4 Å². The SMILES string of the molecule is O=C(NCc1cccnc1N1CCOCC1)c1c2c(nc3ccccc13)/C(=C/c1cccs1)CC2. The summed E-state index contributed by atoms with van der Waals surface area (Å²) in [7, 11) is 0. The Hall–Kier alpha value is -3.55. The number of hydrogen-bond donors (Lipinski definition) is 1. The lowest BCUT2D eigenvalue weighted by Crippen LogP contribution is -2.38. The third-order valence-corrected chi connectivity index (χ3v) is 7.47. The van der Waals surface area contributed by atoms with Gasteiger partial charge in [-0.05, 0) is 53.6 Å². The first-order valence-electron chi connectivity index (χ1n) is 12.0. The molecule has 4 heterocycles. The quantitative estimate of drug-likeness (QED) is 0.436. The van der Waals surface area contributed by atoms with Crippen LogP contribution in [0.25, 0.3) is 22.6 Å². The van der Waals surface area contributed by atoms with Crippen molar-refractivity contribution < 1.29 is 9.53 Å². The molecule has 6 nitrogen and oxygen atoms in total. The van der Waals surface area contributed by atoms with E-state index in [1.165, 1.54) is 10.5 Å². The topological polar surface area (TPSA) is 67.4 Å². The number of fused-ring (bicyclic) bond motifs is 2. The molecule has 0 saturated carbocycles. The Morgan fingerprint density at radius 1 is 1.09 bits per heavy atom. The Labute approximate surface area is 208 Å². The number of nitrogens with zero attached hydrogens (tertiary/aromatic N) is 3. The Balaban J connectivity index is 1.33. The number of nitrogens with one attached hydrogen (secondary N) is 1. The molecule has 1 saturated heterocycles. The van der Waals surface area contributed by atoms with Crippen molar-refractivity contribution in [2.24, 2.45) is 0 Å². The highest BCUT2D eigenvalue weighted by atomic mass is 32.1. The van der Waals surface area contributed by atoms with E-state index in [0.717, 1.165) is 65.0 Å². The van der Waals surface area contributed by atoms with Crippen molar-refractivity contribution in [1.29, 1.82) is 0 Å². The van der Waals surface area contributed by atoms with Crippen LogP contribution in [-0.2, 0) is 17.7 Å². The predicted molar refractivity (Wildman–Crippen MR) is 141 cm³/mol. The summed E-state index contributed by atoms with van der Waals surface area (Å²) in [5.41, 5.74) is 5.81. The van der Waals surface area contributed by atoms with Gasteiger partial charge in [0.2, 0.25) is 0 Å². The molecular weight excluding hydrogens is 456 g/mol. The molecule has 3 aromatic heterocycles. The highest BCUT2D eigenvalue weighted by Gasteiger charge is 2.27. The van der Waals surface area contributed by atoms with E-state index in [0.29, 0.717) is 19.8 Å². The predicted octanol–water partition coefficient (Wildman–Crippen LogP) is 4.94. The molecule has 1 amide bonds. The number of rotatable bonds is 5. The minimum absolute atomic E-state index is 0.0611. The average Bonchev–Trinajstić information content (AvgIpc) is 3.57. The van der Waals surface area contributed by atoms with Crippen molar-refractivity contribution >= 4 is 45.6 Å². The van der Waals surface area contributed by atoms with E-state index in [1.807, 2.05) is 36.4 Å². The molecule has 1 N–H and O–H groups in total. The van der Waals surface area contributed by atoms with Gasteiger partial charge in [0.05, 0.1) is 30.0 Å². The van der Waals surface area contributed by atoms with Crippen LogP contribution < -0.4 is 10.2 Å². The van der Waals surface area contributed by atoms with E-state index in [2.05, 4.69) is 38.8 Å². The summed E-state index contributed by atoms with van der Waals surface area (Å²) in [4.78, 5) is 26.7. The van der Waals surface area contributed by atoms with Gasteiger partial charge in [0, 0.05) is 41.7 Å². The second-order valence-corrected chi connectivity index (χ2v) is 9.76. The summed E-state index contributed by atoms with van der Waals surface area (Å²) >= 11 is 1.72. The molecule has 35 heavy (non-hydrogen) atoms. The van der Waals surface area contributed by atoms with Gasteiger partial charge < -0.3 is 15.0 Å². The molecule has 0 atom stereocenters. The average molecular weight is 483 g/mol. The maximum Gasteiger partial charge on any atom is 0.252 e. The van der Waals surface area contributed by atoms with Crippen LogP contribution in [-0.4, -0.2) is 42.2 Å². The molecule has 1 aromatic carbocycles. The van der Waals surface area contributed by atoms with E-state index in [4.69, 9.17) is 9.72 Å². The van der Waals surface area contributed by atoms with Gasteiger partial charge in [-0.1, -0.05) is 30.3 Å². The summed E-state index contributed by atoms with van der Waals surface area (Å²) in [6.45, 7) is 3.42. The molecule has 176 valence electrons. The Kier molecular flexibility index (Phi) is 6.02. The van der Waals surface area contributed by atoms with Gasteiger partial charge in [0.1, 0.15) is 5.82 Å². The highest BCUT2D eigenvalue weighted by Crippen LogP contribution is 2.38. The summed E-state index contributed by atoms with van der Waals surface area (Å²) < 4.78 is 5.49. The van der Waals surface area contributed by atoms with Gasteiger partial charge in [0.25, 0.3) is 5.91 Å². The van der Waals surface area contributed by atoms with E-state index in [1.54, 1.807) is 17.5 Å². The summed E-state index contributed by atoms with van der Waals surface area (Å²) in [6.07, 6.45) is 5.73. The molecule has 0 bridgehead atoms. The van der Waals surface area contributed by atoms with Crippen LogP contribution in [0.1, 0.15) is 38.5 Å². The van der Waals surface area contributed by atoms with Crippen molar-refractivity contribution in [3.63, 3.8) is 0 Å². The number of ether oxygens (including phenoxy) is 1. The van der Waals surface area contributed by atoms with Crippen molar-refractivity contribution in [1.82, 2.24) is 15.3 Å². The molecular formula is C28H26N4O2S. The smallest absolute Gasteiger partial charge is 0.252 e. The molecule has 1 aliphatic heterocycles. The van der Waals surface area contributed by atoms with Gasteiger partial charge in [0.15, 0.2) is 0 Å². The zero-order valence-electron chi connectivity index (χ0n) is 19.4. The second-order valence-electron chi connectivity index (χ2n) is 8.78. The molecule has 4 aromatic rings. The number of para-hydroxylation sites is 1. The fourth-order valence-corrected chi connectivity index (χ4v) is 5.66. The van der Waals surface area contributed by atoms with Gasteiger partial charge >= 0.3 is 0 Å². The van der Waals surface area contributed by atoms with Crippen LogP contribution in [0.2, 0.25) is 0 Å². The number of pyridine rings is 2. The number of carbonyl (C=O) groups is 1. The Bertz CT molecular complexity index is 1410. The number of carbonyl (C=O) groups excluding carboxylic acids is 1. The second kappa shape index (κ2) is 9.60. The number of allylic oxidation sites excluding steroid dienone is 1. The van der Waals surface area contributed by atoms with Crippen LogP contribution in [0.4, 0.5) is 5.82 Å². The monoisotopic (exact) mass is 482 g/mol. The summed E-state index contributed by atoms with van der Waals surface area (Å²) in [5.74, 6) is 0.857. The van der Waals surface area contributed by atoms with Crippen molar-refractivity contribution in [2.75, 3.05) is 31.2 Å². The van der Waals surface area contributed by atoms with Crippen LogP contribution >= 0.6 is 11.3 Å². The van der Waals surface area contributed by atoms with Gasteiger partial charge in [-0.3, -0.25) is 4.79 Å². The van der Waals surface area contributed by atoms with E-state index in [-0.39, 0.29) is 5.91 Å². The number of benzene rings is 1. The zero-order valence-corrected chi connectivity index (χ0v) is 20.2. The zero-order chi connectivity index (χ0) is 23.6. The number of thiophene rings is 1. The summed E-state index contributed by atoms with van der Waals surface area (Å²) in [5, 5.41) is 6.18. The minimum atomic E-state index is -0.0611. The molecule has 0 spiro atoms. The lowest BCUT2D eigenvalue weighted by molar-refractivity contribution is 0.0951. The van der Waals surface area contributed by atoms with Crippen LogP contribution in [0.5, 0.6) is 0 Å². The normalized spacial score (nSPS) is 16.6. The molecule has 2 aliphatic rings. The number of amides is 1. The standard InChI is InChI=1S/C28H26N4O2S/c33-28(30-18-20-5-3-11-29-27(20)32-12-14-34-15-13-32)25-22-7-1-2-8-24(22)31-26-19(9-10-23(25)26)17-21-6-4-16-35-21/h1-8,11,16-17H,9-10,12-15,18H2,(H,30,33)/b19-17+. The van der Waals surface area contributed by atoms with E-state index >= 15 is 0 Å². The van der Waals surface area contributed by atoms with E-state index < -0.39 is 0 Å². The Morgan fingerprint density at radius 3 is 2.83 bits per heavy atom. The maximum absolute atomic E-state index is 13.7. The Morgan fingerprint density at radius 2 is 1.97 bits per heavy atom. The number of morpholine rings is 1. The highest BCUT2D eigenvalue weighted by molar-refractivity contribution is 7.10. The third-order valence-electron chi connectivity index (χ3n) is 6.65. The van der Waals surface area contributed by atoms with Crippen LogP contribution in [0, 0.1) is 0 Å². The first-order valence-corrected chi connectivity index (χ1v) is 12.9. The maximum atomic E-state index is 13.7. The molecule has 6 rings (SSSR count). The summed E-state index contributed by atoms with van der Waals surface area (Å²) in [6, 6.07) is 16.1. The van der Waals surface area contributed by atoms with Crippen LogP contribution in [0.3, 0.4) is 0 Å². The fourth-order valence-electron chi connectivity index (χ4n) is 4.98. The molecule has 0 unspecified atom stereocenters. The minimum Gasteiger partial charge on any atom is -0.378 e. The largest absolute Gasteiger partial charge is 0.378 e. The number of aromatic nitrogens is 2. The van der Waals surface area contributed by atoms with Crippen LogP contribution in [0.15, 0.2) is 60.1 Å². The molecule has 7 heteroatoms. The lowest BCUT2D eigenvalue weighted by Gasteiger charge is -2.29. The van der Waals surface area contributed by atoms with Crippen molar-refractivity contribution in [3.05, 3.63) is 87.4 Å². The van der Waals surface area contributed by atoms with E-state index in [9.17, 15) is 4.79 Å². The lowest BCUT2D eigenvalue weighted by atomic mass is 10.00. The molecule has 1 fully saturated rings. The first-order chi connectivity index (χ1) is 17.3. The number of hydrogen-bond acceptors (Lipinski definition) is 6. The van der Waals surface area contributed by atoms with Crippen molar-refractivity contribution in [3.8, 4) is 0 Å². The molecule has 0 radical (unpaired) electrons. The van der Waals surface area contributed by atoms with Gasteiger partial charge in [-0.25, -0.2) is 9.97 Å².